The van der Waals surface area contributed by atoms with Gasteiger partial charge in [-0.05, 0) is 35.7 Å². The second-order valence-electron chi connectivity index (χ2n) is 4.71. The normalized spacial score (nSPS) is 10.5. The van der Waals surface area contributed by atoms with E-state index in [2.05, 4.69) is 5.32 Å². The molecule has 0 aromatic heterocycles. The van der Waals surface area contributed by atoms with E-state index in [-0.39, 0.29) is 0 Å². The van der Waals surface area contributed by atoms with Gasteiger partial charge in [0.2, 0.25) is 0 Å². The standard InChI is InChI=1S/C17H13ClN2S/c18-11-4-3-5-12(10-11)20-16-9-8-15(17(19)21)13-6-1-2-7-14(13)16/h1-10,20H,(H2,19,21). The third-order valence-corrected chi connectivity index (χ3v) is 3.75. The van der Waals surface area contributed by atoms with Crippen molar-refractivity contribution in [1.29, 1.82) is 0 Å². The van der Waals surface area contributed by atoms with Crippen LogP contribution in [0, 0.1) is 0 Å². The van der Waals surface area contributed by atoms with Gasteiger partial charge in [0, 0.05) is 27.3 Å². The van der Waals surface area contributed by atoms with Gasteiger partial charge in [0.25, 0.3) is 0 Å². The molecular formula is C17H13ClN2S. The van der Waals surface area contributed by atoms with E-state index in [1.54, 1.807) is 0 Å². The number of hydrogen-bond acceptors (Lipinski definition) is 2. The lowest BCUT2D eigenvalue weighted by Gasteiger charge is -2.12. The molecule has 104 valence electrons. The average molecular weight is 313 g/mol. The van der Waals surface area contributed by atoms with Crippen molar-refractivity contribution in [2.45, 2.75) is 0 Å². The third-order valence-electron chi connectivity index (χ3n) is 3.29. The minimum atomic E-state index is 0.403. The van der Waals surface area contributed by atoms with Crippen molar-refractivity contribution in [2.75, 3.05) is 5.32 Å². The smallest absolute Gasteiger partial charge is 0.104 e. The summed E-state index contributed by atoms with van der Waals surface area (Å²) in [6.07, 6.45) is 0. The van der Waals surface area contributed by atoms with Gasteiger partial charge >= 0.3 is 0 Å². The number of fused-ring (bicyclic) bond motifs is 1. The van der Waals surface area contributed by atoms with E-state index in [0.717, 1.165) is 27.7 Å². The number of thiocarbonyl (C=S) groups is 1. The van der Waals surface area contributed by atoms with Crippen LogP contribution in [0.2, 0.25) is 5.02 Å². The molecule has 3 aromatic rings. The number of benzene rings is 3. The zero-order valence-corrected chi connectivity index (χ0v) is 12.7. The number of hydrogen-bond donors (Lipinski definition) is 2. The van der Waals surface area contributed by atoms with Gasteiger partial charge < -0.3 is 11.1 Å². The lowest BCUT2D eigenvalue weighted by Crippen LogP contribution is -2.10. The van der Waals surface area contributed by atoms with Gasteiger partial charge in [-0.15, -0.1) is 0 Å². The summed E-state index contributed by atoms with van der Waals surface area (Å²) in [5.74, 6) is 0. The molecule has 21 heavy (non-hydrogen) atoms. The summed E-state index contributed by atoms with van der Waals surface area (Å²) in [6, 6.07) is 19.6. The Labute approximate surface area is 133 Å². The quantitative estimate of drug-likeness (QED) is 0.677. The van der Waals surface area contributed by atoms with E-state index in [4.69, 9.17) is 29.6 Å². The molecule has 0 bridgehead atoms. The Morgan fingerprint density at radius 2 is 1.71 bits per heavy atom. The van der Waals surface area contributed by atoms with Crippen molar-refractivity contribution in [3.8, 4) is 0 Å². The predicted octanol–water partition coefficient (Wildman–Crippen LogP) is 4.87. The van der Waals surface area contributed by atoms with Crippen LogP contribution in [0.4, 0.5) is 11.4 Å². The van der Waals surface area contributed by atoms with Crippen molar-refractivity contribution in [1.82, 2.24) is 0 Å². The summed E-state index contributed by atoms with van der Waals surface area (Å²) in [4.78, 5) is 0.403. The molecule has 0 spiro atoms. The minimum Gasteiger partial charge on any atom is -0.389 e. The largest absolute Gasteiger partial charge is 0.389 e. The van der Waals surface area contributed by atoms with Crippen LogP contribution in [0.25, 0.3) is 10.8 Å². The molecule has 0 aliphatic rings. The molecule has 3 rings (SSSR count). The van der Waals surface area contributed by atoms with Crippen LogP contribution >= 0.6 is 23.8 Å². The van der Waals surface area contributed by atoms with Gasteiger partial charge in [0.1, 0.15) is 4.99 Å². The van der Waals surface area contributed by atoms with Crippen LogP contribution < -0.4 is 11.1 Å². The first-order chi connectivity index (χ1) is 10.1. The van der Waals surface area contributed by atoms with Crippen LogP contribution in [0.1, 0.15) is 5.56 Å². The van der Waals surface area contributed by atoms with Crippen molar-refractivity contribution >= 4 is 51.0 Å². The zero-order valence-electron chi connectivity index (χ0n) is 11.1. The van der Waals surface area contributed by atoms with Crippen molar-refractivity contribution in [3.05, 3.63) is 71.2 Å². The summed E-state index contributed by atoms with van der Waals surface area (Å²) in [7, 11) is 0. The fourth-order valence-electron chi connectivity index (χ4n) is 2.34. The number of nitrogens with one attached hydrogen (secondary N) is 1. The van der Waals surface area contributed by atoms with E-state index < -0.39 is 0 Å². The molecule has 2 nitrogen and oxygen atoms in total. The number of halogens is 1. The summed E-state index contributed by atoms with van der Waals surface area (Å²) >= 11 is 11.1. The van der Waals surface area contributed by atoms with Gasteiger partial charge in [0.05, 0.1) is 0 Å². The monoisotopic (exact) mass is 312 g/mol. The second-order valence-corrected chi connectivity index (χ2v) is 5.58. The summed E-state index contributed by atoms with van der Waals surface area (Å²) in [5.41, 5.74) is 8.62. The zero-order chi connectivity index (χ0) is 14.8. The molecule has 0 aliphatic carbocycles. The Kier molecular flexibility index (Phi) is 3.78. The molecule has 0 saturated heterocycles. The SMILES string of the molecule is NC(=S)c1ccc(Nc2cccc(Cl)c2)c2ccccc12. The molecule has 0 fully saturated rings. The maximum Gasteiger partial charge on any atom is 0.104 e. The second kappa shape index (κ2) is 5.72. The molecule has 3 aromatic carbocycles. The maximum absolute atomic E-state index is 6.02. The molecule has 0 atom stereocenters. The van der Waals surface area contributed by atoms with E-state index >= 15 is 0 Å². The lowest BCUT2D eigenvalue weighted by atomic mass is 10.0. The molecule has 0 saturated carbocycles. The fraction of sp³-hybridized carbons (Fsp3) is 0. The van der Waals surface area contributed by atoms with Gasteiger partial charge in [-0.1, -0.05) is 54.2 Å². The first kappa shape index (κ1) is 13.9. The minimum absolute atomic E-state index is 0.403. The lowest BCUT2D eigenvalue weighted by molar-refractivity contribution is 1.57. The molecule has 0 aliphatic heterocycles. The highest BCUT2D eigenvalue weighted by atomic mass is 35.5. The Bertz CT molecular complexity index is 830. The molecule has 4 heteroatoms. The van der Waals surface area contributed by atoms with Gasteiger partial charge in [-0.2, -0.15) is 0 Å². The predicted molar refractivity (Wildman–Crippen MR) is 94.6 cm³/mol. The number of rotatable bonds is 3. The number of nitrogens with two attached hydrogens (primary N) is 1. The number of anilines is 2. The molecule has 0 radical (unpaired) electrons. The van der Waals surface area contributed by atoms with Crippen LogP contribution in [-0.4, -0.2) is 4.99 Å². The highest BCUT2D eigenvalue weighted by Gasteiger charge is 2.07. The molecule has 0 amide bonds. The van der Waals surface area contributed by atoms with Crippen molar-refractivity contribution in [2.24, 2.45) is 5.73 Å². The Morgan fingerprint density at radius 1 is 0.952 bits per heavy atom. The fourth-order valence-corrected chi connectivity index (χ4v) is 2.71. The molecule has 0 unspecified atom stereocenters. The van der Waals surface area contributed by atoms with Crippen LogP contribution in [0.5, 0.6) is 0 Å². The van der Waals surface area contributed by atoms with E-state index in [1.807, 2.05) is 60.7 Å². The average Bonchev–Trinajstić information content (AvgIpc) is 2.47. The highest BCUT2D eigenvalue weighted by Crippen LogP contribution is 2.29. The van der Waals surface area contributed by atoms with Gasteiger partial charge in [-0.25, -0.2) is 0 Å². The summed E-state index contributed by atoms with van der Waals surface area (Å²) < 4.78 is 0. The molecule has 0 heterocycles. The first-order valence-electron chi connectivity index (χ1n) is 6.49. The summed E-state index contributed by atoms with van der Waals surface area (Å²) in [5, 5.41) is 6.19. The van der Waals surface area contributed by atoms with Crippen LogP contribution in [-0.2, 0) is 0 Å². The van der Waals surface area contributed by atoms with Crippen LogP contribution in [0.3, 0.4) is 0 Å². The Morgan fingerprint density at radius 3 is 2.43 bits per heavy atom. The van der Waals surface area contributed by atoms with Crippen molar-refractivity contribution < 1.29 is 0 Å². The van der Waals surface area contributed by atoms with Crippen molar-refractivity contribution in [3.63, 3.8) is 0 Å². The summed E-state index contributed by atoms with van der Waals surface area (Å²) in [6.45, 7) is 0. The topological polar surface area (TPSA) is 38.0 Å². The Hall–Kier alpha value is -2.10. The Balaban J connectivity index is 2.12. The third kappa shape index (κ3) is 2.84. The first-order valence-corrected chi connectivity index (χ1v) is 7.28. The van der Waals surface area contributed by atoms with Gasteiger partial charge in [0.15, 0.2) is 0 Å². The maximum atomic E-state index is 6.02. The van der Waals surface area contributed by atoms with E-state index in [1.165, 1.54) is 0 Å². The molecule has 3 N–H and O–H groups in total. The molecular weight excluding hydrogens is 300 g/mol. The van der Waals surface area contributed by atoms with Crippen LogP contribution in [0.15, 0.2) is 60.7 Å². The van der Waals surface area contributed by atoms with E-state index in [0.29, 0.717) is 10.0 Å². The van der Waals surface area contributed by atoms with Gasteiger partial charge in [-0.3, -0.25) is 0 Å². The van der Waals surface area contributed by atoms with E-state index in [9.17, 15) is 0 Å². The highest BCUT2D eigenvalue weighted by molar-refractivity contribution is 7.80.